The first-order valence-corrected chi connectivity index (χ1v) is 13.0. The van der Waals surface area contributed by atoms with Crippen molar-refractivity contribution in [2.45, 2.75) is 102 Å². The number of hydrogen-bond donors (Lipinski definition) is 2. The number of hydrogen-bond acceptors (Lipinski definition) is 4. The molecular formula is C23H38N2O4S. The van der Waals surface area contributed by atoms with Crippen LogP contribution in [0.5, 0.6) is 0 Å². The minimum Gasteiger partial charge on any atom is -0.383 e. The lowest BCUT2D eigenvalue weighted by Crippen LogP contribution is -2.35. The Bertz CT molecular complexity index is 749. The summed E-state index contributed by atoms with van der Waals surface area (Å²) in [5.41, 5.74) is 0.616. The van der Waals surface area contributed by atoms with Gasteiger partial charge < -0.3 is 10.0 Å². The number of amides is 1. The third-order valence-corrected chi connectivity index (χ3v) is 7.31. The van der Waals surface area contributed by atoms with Gasteiger partial charge in [-0.3, -0.25) is 4.79 Å². The highest BCUT2D eigenvalue weighted by Crippen LogP contribution is 2.24. The maximum Gasteiger partial charge on any atom is 0.255 e. The van der Waals surface area contributed by atoms with Gasteiger partial charge in [-0.05, 0) is 37.1 Å². The van der Waals surface area contributed by atoms with E-state index in [9.17, 15) is 18.3 Å². The molecule has 1 heterocycles. The smallest absolute Gasteiger partial charge is 0.255 e. The summed E-state index contributed by atoms with van der Waals surface area (Å²) in [6, 6.07) is 6.31. The van der Waals surface area contributed by atoms with E-state index < -0.39 is 16.1 Å². The Hall–Kier alpha value is -1.44. The van der Waals surface area contributed by atoms with Gasteiger partial charge in [-0.25, -0.2) is 13.1 Å². The van der Waals surface area contributed by atoms with Crippen molar-refractivity contribution in [1.82, 2.24) is 4.72 Å². The molecule has 0 spiro atoms. The number of carbonyl (C=O) groups excluding carboxylic acids is 1. The van der Waals surface area contributed by atoms with Gasteiger partial charge in [0.15, 0.2) is 0 Å². The zero-order chi connectivity index (χ0) is 22.0. The van der Waals surface area contributed by atoms with Crippen LogP contribution in [-0.2, 0) is 14.8 Å². The van der Waals surface area contributed by atoms with Gasteiger partial charge in [-0.2, -0.15) is 0 Å². The van der Waals surface area contributed by atoms with E-state index >= 15 is 0 Å². The predicted molar refractivity (Wildman–Crippen MR) is 121 cm³/mol. The van der Waals surface area contributed by atoms with Crippen LogP contribution in [0.1, 0.15) is 84.5 Å². The van der Waals surface area contributed by atoms with Gasteiger partial charge in [0.2, 0.25) is 10.0 Å². The molecule has 1 fully saturated rings. The molecule has 7 heteroatoms. The summed E-state index contributed by atoms with van der Waals surface area (Å²) in [6.45, 7) is 4.77. The molecule has 0 aliphatic carbocycles. The van der Waals surface area contributed by atoms with Crippen LogP contribution in [0.4, 0.5) is 5.69 Å². The average molecular weight is 439 g/mol. The van der Waals surface area contributed by atoms with Gasteiger partial charge in [-0.1, -0.05) is 65.2 Å². The first-order valence-electron chi connectivity index (χ1n) is 11.5. The molecule has 0 bridgehead atoms. The van der Waals surface area contributed by atoms with Crippen molar-refractivity contribution in [1.29, 1.82) is 0 Å². The molecule has 2 N–H and O–H groups in total. The van der Waals surface area contributed by atoms with Gasteiger partial charge in [0.05, 0.1) is 4.90 Å². The largest absolute Gasteiger partial charge is 0.383 e. The second-order valence-electron chi connectivity index (χ2n) is 8.31. The molecular weight excluding hydrogens is 400 g/mol. The highest BCUT2D eigenvalue weighted by molar-refractivity contribution is 7.89. The van der Waals surface area contributed by atoms with Crippen LogP contribution in [0.15, 0.2) is 29.2 Å². The van der Waals surface area contributed by atoms with Crippen LogP contribution >= 0.6 is 0 Å². The standard InChI is InChI=1S/C23H38N2O4S/c1-3-5-7-8-9-10-12-19(11-6-4-2)24-30(28,29)21-15-13-20(14-16-21)25-18-17-22(26)23(25)27/h13-16,19,22,24,26H,3-12,17-18H2,1-2H3. The number of nitrogens with zero attached hydrogens (tertiary/aromatic N) is 1. The Labute approximate surface area is 182 Å². The number of aliphatic hydroxyl groups is 1. The molecule has 170 valence electrons. The molecule has 1 aromatic rings. The van der Waals surface area contributed by atoms with E-state index in [-0.39, 0.29) is 16.8 Å². The predicted octanol–water partition coefficient (Wildman–Crippen LogP) is 4.37. The molecule has 1 aliphatic rings. The molecule has 2 rings (SSSR count). The van der Waals surface area contributed by atoms with Crippen molar-refractivity contribution in [3.05, 3.63) is 24.3 Å². The van der Waals surface area contributed by atoms with Crippen molar-refractivity contribution in [2.75, 3.05) is 11.4 Å². The fraction of sp³-hybridized carbons (Fsp3) is 0.696. The third-order valence-electron chi connectivity index (χ3n) is 5.77. The molecule has 0 radical (unpaired) electrons. The van der Waals surface area contributed by atoms with E-state index in [1.165, 1.54) is 42.7 Å². The first-order chi connectivity index (χ1) is 14.4. The maximum atomic E-state index is 12.9. The van der Waals surface area contributed by atoms with Crippen LogP contribution in [0, 0.1) is 0 Å². The molecule has 2 unspecified atom stereocenters. The van der Waals surface area contributed by atoms with Crippen molar-refractivity contribution >= 4 is 21.6 Å². The molecule has 1 aromatic carbocycles. The number of anilines is 1. The lowest BCUT2D eigenvalue weighted by Gasteiger charge is -2.20. The number of carbonyl (C=O) groups is 1. The number of benzene rings is 1. The Balaban J connectivity index is 1.96. The lowest BCUT2D eigenvalue weighted by atomic mass is 10.0. The first kappa shape index (κ1) is 24.8. The summed E-state index contributed by atoms with van der Waals surface area (Å²) in [5.74, 6) is -0.331. The lowest BCUT2D eigenvalue weighted by molar-refractivity contribution is -0.123. The number of unbranched alkanes of at least 4 members (excludes halogenated alkanes) is 6. The van der Waals surface area contributed by atoms with E-state index in [1.807, 2.05) is 0 Å². The molecule has 6 nitrogen and oxygen atoms in total. The van der Waals surface area contributed by atoms with E-state index in [2.05, 4.69) is 18.6 Å². The molecule has 2 atom stereocenters. The molecule has 30 heavy (non-hydrogen) atoms. The summed E-state index contributed by atoms with van der Waals surface area (Å²) in [5, 5.41) is 9.62. The summed E-state index contributed by atoms with van der Waals surface area (Å²) in [7, 11) is -3.61. The quantitative estimate of drug-likeness (QED) is 0.422. The summed E-state index contributed by atoms with van der Waals surface area (Å²) >= 11 is 0. The minimum absolute atomic E-state index is 0.0453. The number of aliphatic hydroxyl groups excluding tert-OH is 1. The second kappa shape index (κ2) is 12.4. The highest BCUT2D eigenvalue weighted by atomic mass is 32.2. The number of nitrogens with one attached hydrogen (secondary N) is 1. The van der Waals surface area contributed by atoms with Gasteiger partial charge in [0, 0.05) is 24.7 Å². The van der Waals surface area contributed by atoms with Gasteiger partial charge in [0.25, 0.3) is 5.91 Å². The SMILES string of the molecule is CCCCCCCCC(CCCC)NS(=O)(=O)c1ccc(N2CCC(O)C2=O)cc1. The molecule has 1 aliphatic heterocycles. The van der Waals surface area contributed by atoms with Crippen molar-refractivity contribution in [3.63, 3.8) is 0 Å². The van der Waals surface area contributed by atoms with E-state index in [4.69, 9.17) is 0 Å². The summed E-state index contributed by atoms with van der Waals surface area (Å²) in [4.78, 5) is 13.7. The molecule has 1 saturated heterocycles. The topological polar surface area (TPSA) is 86.7 Å². The van der Waals surface area contributed by atoms with Gasteiger partial charge in [0.1, 0.15) is 6.10 Å². The van der Waals surface area contributed by atoms with Crippen LogP contribution in [0.25, 0.3) is 0 Å². The molecule has 0 aromatic heterocycles. The fourth-order valence-electron chi connectivity index (χ4n) is 3.90. The van der Waals surface area contributed by atoms with Crippen LogP contribution in [-0.4, -0.2) is 38.1 Å². The maximum absolute atomic E-state index is 12.9. The minimum atomic E-state index is -3.61. The molecule has 0 saturated carbocycles. The van der Waals surface area contributed by atoms with E-state index in [0.29, 0.717) is 18.7 Å². The molecule has 1 amide bonds. The summed E-state index contributed by atoms with van der Waals surface area (Å²) in [6.07, 6.45) is 10.3. The second-order valence-corrected chi connectivity index (χ2v) is 10.0. The van der Waals surface area contributed by atoms with Gasteiger partial charge >= 0.3 is 0 Å². The van der Waals surface area contributed by atoms with Crippen molar-refractivity contribution < 1.29 is 18.3 Å². The van der Waals surface area contributed by atoms with Gasteiger partial charge in [-0.15, -0.1) is 0 Å². The van der Waals surface area contributed by atoms with E-state index in [0.717, 1.165) is 38.5 Å². The zero-order valence-corrected chi connectivity index (χ0v) is 19.3. The third kappa shape index (κ3) is 7.36. The number of rotatable bonds is 14. The Morgan fingerprint density at radius 1 is 1.00 bits per heavy atom. The van der Waals surface area contributed by atoms with Crippen LogP contribution < -0.4 is 9.62 Å². The van der Waals surface area contributed by atoms with Crippen molar-refractivity contribution in [3.8, 4) is 0 Å². The van der Waals surface area contributed by atoms with Crippen LogP contribution in [0.3, 0.4) is 0 Å². The van der Waals surface area contributed by atoms with Crippen molar-refractivity contribution in [2.24, 2.45) is 0 Å². The fourth-order valence-corrected chi connectivity index (χ4v) is 5.20. The Morgan fingerprint density at radius 2 is 1.60 bits per heavy atom. The van der Waals surface area contributed by atoms with E-state index in [1.54, 1.807) is 12.1 Å². The zero-order valence-electron chi connectivity index (χ0n) is 18.5. The normalized spacial score (nSPS) is 18.2. The average Bonchev–Trinajstić information content (AvgIpc) is 3.07. The number of sulfonamides is 1. The monoisotopic (exact) mass is 438 g/mol. The van der Waals surface area contributed by atoms with Crippen LogP contribution in [0.2, 0.25) is 0 Å². The Morgan fingerprint density at radius 3 is 2.20 bits per heavy atom. The highest BCUT2D eigenvalue weighted by Gasteiger charge is 2.31. The summed E-state index contributed by atoms with van der Waals surface area (Å²) < 4.78 is 28.7. The Kier molecular flexibility index (Phi) is 10.3.